The fourth-order valence-corrected chi connectivity index (χ4v) is 4.08. The molecule has 0 fully saturated rings. The molecule has 9 heteroatoms. The van der Waals surface area contributed by atoms with Gasteiger partial charge < -0.3 is 14.8 Å². The minimum absolute atomic E-state index is 0.164. The number of benzene rings is 2. The summed E-state index contributed by atoms with van der Waals surface area (Å²) < 4.78 is 13.0. The predicted octanol–water partition coefficient (Wildman–Crippen LogP) is 2.21. The van der Waals surface area contributed by atoms with Crippen molar-refractivity contribution in [1.29, 1.82) is 0 Å². The van der Waals surface area contributed by atoms with Gasteiger partial charge in [-0.2, -0.15) is 0 Å². The molecule has 1 aliphatic rings. The number of aryl methyl sites for hydroxylation is 2. The van der Waals surface area contributed by atoms with Crippen molar-refractivity contribution >= 4 is 16.9 Å². The number of ether oxygens (including phenoxy) is 2. The van der Waals surface area contributed by atoms with Gasteiger partial charge >= 0.3 is 5.69 Å². The molecule has 2 aromatic carbocycles. The lowest BCUT2D eigenvalue weighted by Gasteiger charge is -2.15. The second-order valence-electron chi connectivity index (χ2n) is 8.09. The number of fused-ring (bicyclic) bond motifs is 2. The second-order valence-corrected chi connectivity index (χ2v) is 8.09. The number of hydrogen-bond acceptors (Lipinski definition) is 6. The van der Waals surface area contributed by atoms with Crippen LogP contribution in [0.25, 0.3) is 16.7 Å². The smallest absolute Gasteiger partial charge is 0.337 e. The minimum Gasteiger partial charge on any atom is -0.454 e. The molecule has 0 atom stereocenters. The quantitative estimate of drug-likeness (QED) is 0.492. The Morgan fingerprint density at radius 1 is 1.03 bits per heavy atom. The maximum atomic E-state index is 13.4. The van der Waals surface area contributed by atoms with Gasteiger partial charge in [0.2, 0.25) is 12.7 Å². The number of para-hydroxylation sites is 1. The second kappa shape index (κ2) is 8.51. The monoisotopic (exact) mass is 458 g/mol. The Bertz CT molecular complexity index is 1540. The first-order chi connectivity index (χ1) is 16.4. The highest BCUT2D eigenvalue weighted by Crippen LogP contribution is 2.32. The van der Waals surface area contributed by atoms with Crippen LogP contribution >= 0.6 is 0 Å². The zero-order valence-electron chi connectivity index (χ0n) is 18.7. The van der Waals surface area contributed by atoms with Gasteiger partial charge in [-0.1, -0.05) is 24.3 Å². The molecule has 9 nitrogen and oxygen atoms in total. The lowest BCUT2D eigenvalue weighted by Crippen LogP contribution is -2.43. The first-order valence-electron chi connectivity index (χ1n) is 10.8. The lowest BCUT2D eigenvalue weighted by molar-refractivity contribution is -0.121. The normalized spacial score (nSPS) is 12.2. The fourth-order valence-electron chi connectivity index (χ4n) is 4.08. The molecule has 0 saturated carbocycles. The number of hydrogen-bond donors (Lipinski definition) is 1. The Morgan fingerprint density at radius 3 is 2.59 bits per heavy atom. The van der Waals surface area contributed by atoms with E-state index in [2.05, 4.69) is 10.3 Å². The molecule has 0 spiro atoms. The number of pyridine rings is 1. The molecule has 1 aliphatic heterocycles. The number of carbonyl (C=O) groups is 1. The fraction of sp³-hybridized carbons (Fsp3) is 0.200. The minimum atomic E-state index is -0.626. The summed E-state index contributed by atoms with van der Waals surface area (Å²) in [5.41, 5.74) is 1.84. The Morgan fingerprint density at radius 2 is 1.79 bits per heavy atom. The Kier molecular flexibility index (Phi) is 5.37. The topological polar surface area (TPSA) is 104 Å². The molecule has 172 valence electrons. The first-order valence-corrected chi connectivity index (χ1v) is 10.8. The van der Waals surface area contributed by atoms with Crippen LogP contribution in [0.5, 0.6) is 11.5 Å². The van der Waals surface area contributed by atoms with Crippen LogP contribution in [0, 0.1) is 13.8 Å². The van der Waals surface area contributed by atoms with Gasteiger partial charge in [0.05, 0.1) is 11.1 Å². The van der Waals surface area contributed by atoms with E-state index in [1.165, 1.54) is 4.57 Å². The van der Waals surface area contributed by atoms with Crippen molar-refractivity contribution < 1.29 is 14.3 Å². The third-order valence-electron chi connectivity index (χ3n) is 5.66. The molecule has 0 saturated heterocycles. The van der Waals surface area contributed by atoms with E-state index in [1.807, 2.05) is 12.1 Å². The number of nitrogens with one attached hydrogen (secondary N) is 1. The van der Waals surface area contributed by atoms with Crippen molar-refractivity contribution in [3.8, 4) is 17.2 Å². The van der Waals surface area contributed by atoms with Gasteiger partial charge in [-0.25, -0.2) is 18.9 Å². The van der Waals surface area contributed by atoms with Crippen LogP contribution in [0.15, 0.2) is 64.2 Å². The summed E-state index contributed by atoms with van der Waals surface area (Å²) in [5.74, 6) is 0.800. The summed E-state index contributed by atoms with van der Waals surface area (Å²) in [6.45, 7) is 3.56. The molecule has 0 radical (unpaired) electrons. The molecule has 0 aliphatic carbocycles. The number of carbonyl (C=O) groups excluding carboxylic acids is 1. The van der Waals surface area contributed by atoms with Crippen molar-refractivity contribution in [2.75, 3.05) is 6.79 Å². The SMILES string of the molecule is Cc1cc(C)c2c(=O)n(CC(=O)NCc3ccc4c(c3)OCO4)c(=O)n(-c3ccccc3)c2n1. The maximum absolute atomic E-state index is 13.4. The van der Waals surface area contributed by atoms with E-state index < -0.39 is 23.7 Å². The summed E-state index contributed by atoms with van der Waals surface area (Å²) in [6, 6.07) is 16.1. The van der Waals surface area contributed by atoms with E-state index in [0.29, 0.717) is 33.8 Å². The summed E-state index contributed by atoms with van der Waals surface area (Å²) in [7, 11) is 0. The van der Waals surface area contributed by atoms with E-state index in [0.717, 1.165) is 10.1 Å². The highest BCUT2D eigenvalue weighted by Gasteiger charge is 2.20. The molecular weight excluding hydrogens is 436 g/mol. The molecule has 2 aromatic heterocycles. The van der Waals surface area contributed by atoms with Gasteiger partial charge in [0.1, 0.15) is 6.54 Å². The zero-order valence-corrected chi connectivity index (χ0v) is 18.7. The van der Waals surface area contributed by atoms with Crippen LogP contribution in [0.1, 0.15) is 16.8 Å². The number of nitrogens with zero attached hydrogens (tertiary/aromatic N) is 3. The summed E-state index contributed by atoms with van der Waals surface area (Å²) in [5, 5.41) is 3.07. The zero-order chi connectivity index (χ0) is 23.8. The van der Waals surface area contributed by atoms with Gasteiger partial charge in [-0.05, 0) is 55.3 Å². The average Bonchev–Trinajstić information content (AvgIpc) is 3.29. The van der Waals surface area contributed by atoms with Crippen molar-refractivity contribution in [3.63, 3.8) is 0 Å². The Labute approximate surface area is 194 Å². The Balaban J connectivity index is 1.51. The van der Waals surface area contributed by atoms with Crippen molar-refractivity contribution in [3.05, 3.63) is 92.3 Å². The van der Waals surface area contributed by atoms with Gasteiger partial charge in [0.15, 0.2) is 17.1 Å². The molecule has 1 amide bonds. The van der Waals surface area contributed by atoms with Gasteiger partial charge in [0, 0.05) is 12.2 Å². The standard InChI is InChI=1S/C25H22N4O5/c1-15-10-16(2)27-23-22(15)24(31)28(25(32)29(23)18-6-4-3-5-7-18)13-21(30)26-12-17-8-9-19-20(11-17)34-14-33-19/h3-11H,12-14H2,1-2H3,(H,26,30). The average molecular weight is 458 g/mol. The molecule has 0 bridgehead atoms. The van der Waals surface area contributed by atoms with Crippen LogP contribution in [0.2, 0.25) is 0 Å². The number of aromatic nitrogens is 3. The highest BCUT2D eigenvalue weighted by atomic mass is 16.7. The number of amides is 1. The first kappa shape index (κ1) is 21.4. The van der Waals surface area contributed by atoms with E-state index in [1.54, 1.807) is 56.3 Å². The van der Waals surface area contributed by atoms with Crippen LogP contribution in [-0.4, -0.2) is 26.8 Å². The molecule has 34 heavy (non-hydrogen) atoms. The summed E-state index contributed by atoms with van der Waals surface area (Å²) in [4.78, 5) is 44.0. The predicted molar refractivity (Wildman–Crippen MR) is 125 cm³/mol. The van der Waals surface area contributed by atoms with Crippen LogP contribution in [0.3, 0.4) is 0 Å². The van der Waals surface area contributed by atoms with Crippen LogP contribution in [-0.2, 0) is 17.9 Å². The lowest BCUT2D eigenvalue weighted by atomic mass is 10.1. The molecule has 4 aromatic rings. The highest BCUT2D eigenvalue weighted by molar-refractivity contribution is 5.81. The van der Waals surface area contributed by atoms with Crippen molar-refractivity contribution in [2.45, 2.75) is 26.9 Å². The molecule has 1 N–H and O–H groups in total. The van der Waals surface area contributed by atoms with E-state index in [-0.39, 0.29) is 19.0 Å². The molecule has 5 rings (SSSR count). The van der Waals surface area contributed by atoms with E-state index in [9.17, 15) is 14.4 Å². The molecular formula is C25H22N4O5. The van der Waals surface area contributed by atoms with E-state index in [4.69, 9.17) is 9.47 Å². The molecule has 3 heterocycles. The van der Waals surface area contributed by atoms with Gasteiger partial charge in [-0.3, -0.25) is 9.59 Å². The third-order valence-corrected chi connectivity index (χ3v) is 5.66. The number of rotatable bonds is 5. The Hall–Kier alpha value is -4.40. The van der Waals surface area contributed by atoms with Crippen LogP contribution < -0.4 is 26.0 Å². The van der Waals surface area contributed by atoms with Gasteiger partial charge in [0.25, 0.3) is 5.56 Å². The van der Waals surface area contributed by atoms with E-state index >= 15 is 0 Å². The van der Waals surface area contributed by atoms with Crippen LogP contribution in [0.4, 0.5) is 0 Å². The van der Waals surface area contributed by atoms with Crippen molar-refractivity contribution in [1.82, 2.24) is 19.4 Å². The van der Waals surface area contributed by atoms with Gasteiger partial charge in [-0.15, -0.1) is 0 Å². The summed E-state index contributed by atoms with van der Waals surface area (Å²) >= 11 is 0. The third kappa shape index (κ3) is 3.81. The largest absolute Gasteiger partial charge is 0.454 e. The van der Waals surface area contributed by atoms with Crippen molar-refractivity contribution in [2.24, 2.45) is 0 Å². The molecule has 0 unspecified atom stereocenters. The maximum Gasteiger partial charge on any atom is 0.337 e. The summed E-state index contributed by atoms with van der Waals surface area (Å²) in [6.07, 6.45) is 0.